The second-order valence-electron chi connectivity index (χ2n) is 3.54. The molecule has 1 aliphatic rings. The highest BCUT2D eigenvalue weighted by atomic mass is 35.5. The maximum Gasteiger partial charge on any atom is 0.434 e. The molecule has 0 radical (unpaired) electrons. The van der Waals surface area contributed by atoms with E-state index in [1.807, 2.05) is 0 Å². The summed E-state index contributed by atoms with van der Waals surface area (Å²) in [6.45, 7) is 0. The predicted molar refractivity (Wildman–Crippen MR) is 49.2 cm³/mol. The Hall–Kier alpha value is -1.17. The van der Waals surface area contributed by atoms with E-state index in [0.717, 1.165) is 19.0 Å². The van der Waals surface area contributed by atoms with E-state index in [-0.39, 0.29) is 11.7 Å². The summed E-state index contributed by atoms with van der Waals surface area (Å²) in [5, 5.41) is -1.20. The first-order valence-corrected chi connectivity index (χ1v) is 4.91. The summed E-state index contributed by atoms with van der Waals surface area (Å²) in [6, 6.07) is 0. The third kappa shape index (κ3) is 2.16. The fraction of sp³-hybridized carbons (Fsp3) is 0.444. The van der Waals surface area contributed by atoms with Gasteiger partial charge in [-0.25, -0.2) is 9.97 Å². The maximum absolute atomic E-state index is 12.6. The standard InChI is InChI=1S/C9H6ClF3N2O/c10-7(16)5-3-14-8(4-1-2-4)15-6(5)9(11,12)13/h3-4H,1-2H2. The van der Waals surface area contributed by atoms with Crippen molar-refractivity contribution in [3.8, 4) is 0 Å². The maximum atomic E-state index is 12.6. The SMILES string of the molecule is O=C(Cl)c1cnc(C2CC2)nc1C(F)(F)F. The number of carbonyl (C=O) groups is 1. The largest absolute Gasteiger partial charge is 0.434 e. The molecule has 1 aromatic heterocycles. The molecule has 0 spiro atoms. The van der Waals surface area contributed by atoms with Gasteiger partial charge in [-0.3, -0.25) is 4.79 Å². The van der Waals surface area contributed by atoms with Crippen LogP contribution >= 0.6 is 11.6 Å². The second kappa shape index (κ2) is 3.69. The van der Waals surface area contributed by atoms with Gasteiger partial charge in [0, 0.05) is 12.1 Å². The summed E-state index contributed by atoms with van der Waals surface area (Å²) in [4.78, 5) is 17.9. The normalized spacial score (nSPS) is 16.2. The molecule has 7 heteroatoms. The van der Waals surface area contributed by atoms with E-state index >= 15 is 0 Å². The van der Waals surface area contributed by atoms with Crippen LogP contribution in [0.3, 0.4) is 0 Å². The summed E-state index contributed by atoms with van der Waals surface area (Å²) < 4.78 is 37.7. The van der Waals surface area contributed by atoms with E-state index < -0.39 is 22.7 Å². The Bertz CT molecular complexity index is 443. The lowest BCUT2D eigenvalue weighted by Gasteiger charge is -2.09. The van der Waals surface area contributed by atoms with Gasteiger partial charge in [0.25, 0.3) is 5.24 Å². The molecular weight excluding hydrogens is 245 g/mol. The van der Waals surface area contributed by atoms with Gasteiger partial charge in [0.1, 0.15) is 5.82 Å². The molecule has 0 aromatic carbocycles. The zero-order valence-electron chi connectivity index (χ0n) is 7.88. The number of aromatic nitrogens is 2. The van der Waals surface area contributed by atoms with Crippen LogP contribution in [-0.2, 0) is 6.18 Å². The fourth-order valence-electron chi connectivity index (χ4n) is 1.29. The lowest BCUT2D eigenvalue weighted by molar-refractivity contribution is -0.141. The van der Waals surface area contributed by atoms with Crippen molar-refractivity contribution in [3.05, 3.63) is 23.3 Å². The van der Waals surface area contributed by atoms with E-state index in [1.165, 1.54) is 0 Å². The summed E-state index contributed by atoms with van der Waals surface area (Å²) in [7, 11) is 0. The molecule has 3 nitrogen and oxygen atoms in total. The highest BCUT2D eigenvalue weighted by molar-refractivity contribution is 6.67. The molecule has 1 fully saturated rings. The molecule has 2 rings (SSSR count). The molecular formula is C9H6ClF3N2O. The van der Waals surface area contributed by atoms with E-state index in [0.29, 0.717) is 0 Å². The molecule has 0 amide bonds. The van der Waals surface area contributed by atoms with Crippen molar-refractivity contribution in [2.45, 2.75) is 24.9 Å². The Kier molecular flexibility index (Phi) is 2.61. The number of rotatable bonds is 2. The fourth-order valence-corrected chi connectivity index (χ4v) is 1.43. The molecule has 86 valence electrons. The smallest absolute Gasteiger partial charge is 0.275 e. The van der Waals surface area contributed by atoms with Crippen molar-refractivity contribution in [3.63, 3.8) is 0 Å². The molecule has 1 aliphatic carbocycles. The number of alkyl halides is 3. The van der Waals surface area contributed by atoms with Gasteiger partial charge in [-0.15, -0.1) is 0 Å². The average Bonchev–Trinajstić information content (AvgIpc) is 2.98. The molecule has 0 N–H and O–H groups in total. The van der Waals surface area contributed by atoms with Crippen LogP contribution in [0.5, 0.6) is 0 Å². The Morgan fingerprint density at radius 1 is 1.44 bits per heavy atom. The molecule has 1 heterocycles. The molecule has 16 heavy (non-hydrogen) atoms. The van der Waals surface area contributed by atoms with Gasteiger partial charge >= 0.3 is 6.18 Å². The molecule has 0 aliphatic heterocycles. The zero-order chi connectivity index (χ0) is 11.9. The highest BCUT2D eigenvalue weighted by Crippen LogP contribution is 2.39. The third-order valence-electron chi connectivity index (χ3n) is 2.23. The second-order valence-corrected chi connectivity index (χ2v) is 3.88. The average molecular weight is 251 g/mol. The molecule has 1 aromatic rings. The summed E-state index contributed by atoms with van der Waals surface area (Å²) >= 11 is 5.04. The number of hydrogen-bond donors (Lipinski definition) is 0. The number of carbonyl (C=O) groups excluding carboxylic acids is 1. The Morgan fingerprint density at radius 3 is 2.50 bits per heavy atom. The van der Waals surface area contributed by atoms with Crippen LogP contribution in [0.25, 0.3) is 0 Å². The monoisotopic (exact) mass is 250 g/mol. The van der Waals surface area contributed by atoms with Crippen molar-refractivity contribution in [1.82, 2.24) is 9.97 Å². The van der Waals surface area contributed by atoms with Crippen LogP contribution in [-0.4, -0.2) is 15.2 Å². The van der Waals surface area contributed by atoms with Crippen molar-refractivity contribution in [1.29, 1.82) is 0 Å². The Morgan fingerprint density at radius 2 is 2.06 bits per heavy atom. The van der Waals surface area contributed by atoms with E-state index in [1.54, 1.807) is 0 Å². The molecule has 0 saturated heterocycles. The molecule has 0 bridgehead atoms. The highest BCUT2D eigenvalue weighted by Gasteiger charge is 2.39. The molecule has 0 atom stereocenters. The van der Waals surface area contributed by atoms with Crippen LogP contribution in [0.4, 0.5) is 13.2 Å². The van der Waals surface area contributed by atoms with Crippen LogP contribution < -0.4 is 0 Å². The summed E-state index contributed by atoms with van der Waals surface area (Å²) in [5.74, 6) is 0.120. The lowest BCUT2D eigenvalue weighted by Crippen LogP contribution is -2.16. The number of halogens is 4. The third-order valence-corrected chi connectivity index (χ3v) is 2.43. The van der Waals surface area contributed by atoms with Crippen molar-refractivity contribution >= 4 is 16.8 Å². The van der Waals surface area contributed by atoms with Crippen molar-refractivity contribution in [2.75, 3.05) is 0 Å². The van der Waals surface area contributed by atoms with Gasteiger partial charge in [0.2, 0.25) is 0 Å². The van der Waals surface area contributed by atoms with Crippen molar-refractivity contribution in [2.24, 2.45) is 0 Å². The first-order chi connectivity index (χ1) is 7.39. The summed E-state index contributed by atoms with van der Waals surface area (Å²) in [6.07, 6.45) is -2.28. The first kappa shape index (κ1) is 11.3. The Labute approximate surface area is 93.7 Å². The number of hydrogen-bond acceptors (Lipinski definition) is 3. The first-order valence-electron chi connectivity index (χ1n) is 4.53. The minimum atomic E-state index is -4.69. The zero-order valence-corrected chi connectivity index (χ0v) is 8.64. The molecule has 0 unspecified atom stereocenters. The summed E-state index contributed by atoms with van der Waals surface area (Å²) in [5.41, 5.74) is -1.94. The van der Waals surface area contributed by atoms with Crippen LogP contribution in [0, 0.1) is 0 Å². The number of nitrogens with zero attached hydrogens (tertiary/aromatic N) is 2. The lowest BCUT2D eigenvalue weighted by atomic mass is 10.2. The minimum Gasteiger partial charge on any atom is -0.275 e. The Balaban J connectivity index is 2.50. The van der Waals surface area contributed by atoms with Gasteiger partial charge in [-0.2, -0.15) is 13.2 Å². The van der Waals surface area contributed by atoms with Crippen LogP contribution in [0.15, 0.2) is 6.20 Å². The van der Waals surface area contributed by atoms with Crippen molar-refractivity contribution < 1.29 is 18.0 Å². The van der Waals surface area contributed by atoms with Gasteiger partial charge < -0.3 is 0 Å². The molecule has 1 saturated carbocycles. The minimum absolute atomic E-state index is 0.0134. The van der Waals surface area contributed by atoms with E-state index in [2.05, 4.69) is 9.97 Å². The van der Waals surface area contributed by atoms with E-state index in [4.69, 9.17) is 11.6 Å². The van der Waals surface area contributed by atoms with Crippen LogP contribution in [0.2, 0.25) is 0 Å². The van der Waals surface area contributed by atoms with Gasteiger partial charge in [0.05, 0.1) is 5.56 Å². The van der Waals surface area contributed by atoms with Crippen LogP contribution in [0.1, 0.15) is 40.6 Å². The van der Waals surface area contributed by atoms with Gasteiger partial charge in [0.15, 0.2) is 5.69 Å². The van der Waals surface area contributed by atoms with Gasteiger partial charge in [-0.05, 0) is 24.4 Å². The van der Waals surface area contributed by atoms with E-state index in [9.17, 15) is 18.0 Å². The van der Waals surface area contributed by atoms with Gasteiger partial charge in [-0.1, -0.05) is 0 Å². The quantitative estimate of drug-likeness (QED) is 0.758. The topological polar surface area (TPSA) is 42.9 Å². The predicted octanol–water partition coefficient (Wildman–Crippen LogP) is 2.75.